The number of amides is 1. The maximum Gasteiger partial charge on any atom is 0.256 e. The second-order valence-electron chi connectivity index (χ2n) is 7.85. The Morgan fingerprint density at radius 3 is 2.38 bits per heavy atom. The number of carbonyl (C=O) groups is 1. The maximum atomic E-state index is 13.7. The van der Waals surface area contributed by atoms with Crippen LogP contribution in [0.5, 0.6) is 0 Å². The topological polar surface area (TPSA) is 58.6 Å². The Kier molecular flexibility index (Phi) is 4.90. The van der Waals surface area contributed by atoms with Crippen LogP contribution in [0.2, 0.25) is 0 Å². The molecule has 1 fully saturated rings. The fourth-order valence-corrected chi connectivity index (χ4v) is 4.36. The van der Waals surface area contributed by atoms with E-state index in [9.17, 15) is 18.7 Å². The number of halogens is 2. The number of hydrogen-bond acceptors (Lipinski definition) is 3. The molecule has 2 aliphatic rings. The standard InChI is InChI=1S/C23H23F2NO3/c1-13-3-4-14(15-5-6-18(24)19(25)12-15)11-17(13)20-21(27)23(26-22(20)28)9-7-16(29-2)8-10-23/h3-6,11-12,16,27H,7-10H2,1-2H3,(H,26,28)/t16-,23+. The SMILES string of the molecule is CO[C@H]1CC[C@]2(CC1)NC(=O)C(c1cc(-c3ccc(F)c(F)c3)ccc1C)=C2O. The highest BCUT2D eigenvalue weighted by atomic mass is 19.2. The van der Waals surface area contributed by atoms with Gasteiger partial charge in [-0.1, -0.05) is 18.2 Å². The molecule has 2 aromatic rings. The summed E-state index contributed by atoms with van der Waals surface area (Å²) in [6.07, 6.45) is 2.85. The minimum Gasteiger partial charge on any atom is -0.509 e. The molecule has 2 N–H and O–H groups in total. The monoisotopic (exact) mass is 399 g/mol. The van der Waals surface area contributed by atoms with Crippen LogP contribution >= 0.6 is 0 Å². The van der Waals surface area contributed by atoms with Crippen LogP contribution in [0.15, 0.2) is 42.2 Å². The molecule has 1 heterocycles. The number of rotatable bonds is 3. The van der Waals surface area contributed by atoms with Crippen molar-refractivity contribution in [3.63, 3.8) is 0 Å². The van der Waals surface area contributed by atoms with Crippen molar-refractivity contribution >= 4 is 11.5 Å². The second kappa shape index (κ2) is 7.26. The van der Waals surface area contributed by atoms with Crippen molar-refractivity contribution in [3.8, 4) is 11.1 Å². The van der Waals surface area contributed by atoms with Gasteiger partial charge in [0.05, 0.1) is 17.2 Å². The molecule has 4 nitrogen and oxygen atoms in total. The van der Waals surface area contributed by atoms with Gasteiger partial charge < -0.3 is 15.2 Å². The number of hydrogen-bond donors (Lipinski definition) is 2. The van der Waals surface area contributed by atoms with E-state index in [0.29, 0.717) is 29.5 Å². The van der Waals surface area contributed by atoms with Crippen molar-refractivity contribution in [1.29, 1.82) is 0 Å². The molecule has 2 aromatic carbocycles. The van der Waals surface area contributed by atoms with E-state index in [0.717, 1.165) is 30.5 Å². The van der Waals surface area contributed by atoms with Gasteiger partial charge in [-0.25, -0.2) is 8.78 Å². The first kappa shape index (κ1) is 19.6. The highest BCUT2D eigenvalue weighted by Crippen LogP contribution is 2.43. The number of aryl methyl sites for hydroxylation is 1. The Morgan fingerprint density at radius 1 is 1.07 bits per heavy atom. The van der Waals surface area contributed by atoms with Crippen LogP contribution in [0.3, 0.4) is 0 Å². The molecule has 1 aliphatic carbocycles. The van der Waals surface area contributed by atoms with Crippen LogP contribution < -0.4 is 5.32 Å². The molecule has 1 saturated carbocycles. The molecular formula is C23H23F2NO3. The molecule has 0 radical (unpaired) electrons. The summed E-state index contributed by atoms with van der Waals surface area (Å²) in [4.78, 5) is 12.8. The Balaban J connectivity index is 1.75. The van der Waals surface area contributed by atoms with Gasteiger partial charge in [0.25, 0.3) is 5.91 Å². The van der Waals surface area contributed by atoms with Gasteiger partial charge in [-0.3, -0.25) is 4.79 Å². The third kappa shape index (κ3) is 3.31. The van der Waals surface area contributed by atoms with Gasteiger partial charge >= 0.3 is 0 Å². The number of benzene rings is 2. The molecule has 0 atom stereocenters. The van der Waals surface area contributed by atoms with Gasteiger partial charge in [0, 0.05) is 7.11 Å². The van der Waals surface area contributed by atoms with Gasteiger partial charge in [-0.15, -0.1) is 0 Å². The lowest BCUT2D eigenvalue weighted by atomic mass is 9.79. The van der Waals surface area contributed by atoms with E-state index in [1.165, 1.54) is 6.07 Å². The molecule has 1 aliphatic heterocycles. The Morgan fingerprint density at radius 2 is 1.72 bits per heavy atom. The molecule has 29 heavy (non-hydrogen) atoms. The summed E-state index contributed by atoms with van der Waals surface area (Å²) in [6, 6.07) is 9.03. The van der Waals surface area contributed by atoms with Gasteiger partial charge in [-0.05, 0) is 73.1 Å². The molecule has 6 heteroatoms. The second-order valence-corrected chi connectivity index (χ2v) is 7.85. The fourth-order valence-electron chi connectivity index (χ4n) is 4.36. The van der Waals surface area contributed by atoms with Crippen molar-refractivity contribution in [2.75, 3.05) is 7.11 Å². The van der Waals surface area contributed by atoms with Crippen molar-refractivity contribution in [2.24, 2.45) is 0 Å². The molecule has 0 unspecified atom stereocenters. The lowest BCUT2D eigenvalue weighted by molar-refractivity contribution is -0.116. The average molecular weight is 399 g/mol. The van der Waals surface area contributed by atoms with E-state index < -0.39 is 17.2 Å². The Hall–Kier alpha value is -2.73. The summed E-state index contributed by atoms with van der Waals surface area (Å²) < 4.78 is 32.4. The minimum atomic E-state index is -0.931. The van der Waals surface area contributed by atoms with E-state index in [1.54, 1.807) is 19.2 Å². The predicted octanol–water partition coefficient (Wildman–Crippen LogP) is 4.67. The number of nitrogens with one attached hydrogen (secondary N) is 1. The lowest BCUT2D eigenvalue weighted by Gasteiger charge is -2.36. The summed E-state index contributed by atoms with van der Waals surface area (Å²) in [5.74, 6) is -2.10. The zero-order valence-electron chi connectivity index (χ0n) is 16.4. The first-order valence-electron chi connectivity index (χ1n) is 9.70. The van der Waals surface area contributed by atoms with Gasteiger partial charge in [0.2, 0.25) is 0 Å². The largest absolute Gasteiger partial charge is 0.509 e. The maximum absolute atomic E-state index is 13.7. The minimum absolute atomic E-state index is 0.0580. The quantitative estimate of drug-likeness (QED) is 0.789. The third-order valence-electron chi connectivity index (χ3n) is 6.15. The smallest absolute Gasteiger partial charge is 0.256 e. The van der Waals surface area contributed by atoms with E-state index in [2.05, 4.69) is 5.32 Å². The number of methoxy groups -OCH3 is 1. The summed E-state index contributed by atoms with van der Waals surface area (Å²) >= 11 is 0. The summed E-state index contributed by atoms with van der Waals surface area (Å²) in [7, 11) is 1.67. The number of carbonyl (C=O) groups excluding carboxylic acids is 1. The van der Waals surface area contributed by atoms with Crippen LogP contribution in [0, 0.1) is 18.6 Å². The van der Waals surface area contributed by atoms with Crippen molar-refractivity contribution in [1.82, 2.24) is 5.32 Å². The van der Waals surface area contributed by atoms with Crippen LogP contribution in [-0.2, 0) is 9.53 Å². The van der Waals surface area contributed by atoms with Crippen molar-refractivity contribution in [3.05, 3.63) is 64.9 Å². The Bertz CT molecular complexity index is 1010. The van der Waals surface area contributed by atoms with E-state index in [1.807, 2.05) is 13.0 Å². The third-order valence-corrected chi connectivity index (χ3v) is 6.15. The first-order chi connectivity index (χ1) is 13.8. The average Bonchev–Trinajstić information content (AvgIpc) is 2.95. The Labute approximate surface area is 168 Å². The first-order valence-corrected chi connectivity index (χ1v) is 9.70. The van der Waals surface area contributed by atoms with Crippen LogP contribution in [0.1, 0.15) is 36.8 Å². The predicted molar refractivity (Wildman–Crippen MR) is 106 cm³/mol. The van der Waals surface area contributed by atoms with Crippen LogP contribution in [-0.4, -0.2) is 29.8 Å². The van der Waals surface area contributed by atoms with Crippen molar-refractivity contribution in [2.45, 2.75) is 44.2 Å². The normalized spacial score (nSPS) is 24.3. The molecule has 0 bridgehead atoms. The highest BCUT2D eigenvalue weighted by molar-refractivity contribution is 6.23. The van der Waals surface area contributed by atoms with E-state index in [4.69, 9.17) is 4.74 Å². The number of aliphatic hydroxyl groups excluding tert-OH is 1. The number of aliphatic hydroxyl groups is 1. The molecule has 1 spiro atoms. The number of ether oxygens (including phenoxy) is 1. The van der Waals surface area contributed by atoms with Crippen LogP contribution in [0.25, 0.3) is 16.7 Å². The summed E-state index contributed by atoms with van der Waals surface area (Å²) in [5.41, 5.74) is 2.04. The molecule has 0 aromatic heterocycles. The molecule has 1 amide bonds. The lowest BCUT2D eigenvalue weighted by Crippen LogP contribution is -2.48. The molecule has 4 rings (SSSR count). The van der Waals surface area contributed by atoms with E-state index >= 15 is 0 Å². The zero-order valence-corrected chi connectivity index (χ0v) is 16.4. The van der Waals surface area contributed by atoms with Gasteiger partial charge in [-0.2, -0.15) is 0 Å². The summed E-state index contributed by atoms with van der Waals surface area (Å²) in [6.45, 7) is 1.85. The zero-order chi connectivity index (χ0) is 20.8. The fraction of sp³-hybridized carbons (Fsp3) is 0.348. The molecule has 0 saturated heterocycles. The van der Waals surface area contributed by atoms with Crippen molar-refractivity contribution < 1.29 is 23.4 Å². The highest BCUT2D eigenvalue weighted by Gasteiger charge is 2.48. The summed E-state index contributed by atoms with van der Waals surface area (Å²) in [5, 5.41) is 14.0. The van der Waals surface area contributed by atoms with Gasteiger partial charge in [0.1, 0.15) is 5.76 Å². The van der Waals surface area contributed by atoms with Crippen LogP contribution in [0.4, 0.5) is 8.78 Å². The van der Waals surface area contributed by atoms with E-state index in [-0.39, 0.29) is 23.3 Å². The molecule has 152 valence electrons. The molecular weight excluding hydrogens is 376 g/mol. The van der Waals surface area contributed by atoms with Gasteiger partial charge in [0.15, 0.2) is 11.6 Å².